The third-order valence-electron chi connectivity index (χ3n) is 4.63. The number of ketones is 1. The smallest absolute Gasteiger partial charge is 0.340 e. The maximum Gasteiger partial charge on any atom is 0.340 e. The number of sulfonamides is 1. The lowest BCUT2D eigenvalue weighted by molar-refractivity contribution is -0.114. The summed E-state index contributed by atoms with van der Waals surface area (Å²) in [6.45, 7) is 1.80. The molecule has 0 atom stereocenters. The van der Waals surface area contributed by atoms with Crippen LogP contribution in [-0.2, 0) is 24.3 Å². The number of nitrogens with zero attached hydrogens (tertiary/aromatic N) is 1. The number of halogens is 1. The Labute approximate surface area is 190 Å². The number of nitrogens with one attached hydrogen (secondary N) is 1. The average Bonchev–Trinajstić information content (AvgIpc) is 2.78. The minimum atomic E-state index is -3.83. The number of amides is 1. The molecule has 1 N–H and O–H groups in total. The van der Waals surface area contributed by atoms with Crippen LogP contribution in [0.2, 0.25) is 5.02 Å². The van der Waals surface area contributed by atoms with Crippen LogP contribution in [-0.4, -0.2) is 63.3 Å². The molecule has 1 fully saturated rings. The molecule has 2 aromatic carbocycles. The van der Waals surface area contributed by atoms with Crippen LogP contribution in [0.5, 0.6) is 0 Å². The van der Waals surface area contributed by atoms with Crippen LogP contribution in [0.4, 0.5) is 5.69 Å². The zero-order valence-corrected chi connectivity index (χ0v) is 18.7. The molecule has 1 amide bonds. The lowest BCUT2D eigenvalue weighted by atomic mass is 10.1. The molecule has 1 saturated heterocycles. The summed E-state index contributed by atoms with van der Waals surface area (Å²) in [4.78, 5) is 35.8. The standard InChI is InChI=1S/C21H21ClN2O7S/c1-14(25)23-16-4-2-15(3-5-16)20(26)13-31-21(27)18-12-17(6-7-19(18)22)32(28,29)24-8-10-30-11-9-24/h2-7,12H,8-11,13H2,1H3,(H,23,25). The molecular weight excluding hydrogens is 460 g/mol. The molecule has 170 valence electrons. The van der Waals surface area contributed by atoms with Gasteiger partial charge >= 0.3 is 5.97 Å². The van der Waals surface area contributed by atoms with Crippen LogP contribution in [0.15, 0.2) is 47.4 Å². The van der Waals surface area contributed by atoms with E-state index < -0.39 is 28.4 Å². The van der Waals surface area contributed by atoms with E-state index in [1.807, 2.05) is 0 Å². The first kappa shape index (κ1) is 23.9. The summed E-state index contributed by atoms with van der Waals surface area (Å²) in [7, 11) is -3.83. The number of hydrogen-bond donors (Lipinski definition) is 1. The SMILES string of the molecule is CC(=O)Nc1ccc(C(=O)COC(=O)c2cc(S(=O)(=O)N3CCOCC3)ccc2Cl)cc1. The average molecular weight is 481 g/mol. The fourth-order valence-corrected chi connectivity index (χ4v) is 4.62. The first-order valence-corrected chi connectivity index (χ1v) is 11.5. The van der Waals surface area contributed by atoms with Gasteiger partial charge in [-0.2, -0.15) is 4.31 Å². The van der Waals surface area contributed by atoms with Crippen molar-refractivity contribution in [2.75, 3.05) is 38.2 Å². The molecule has 2 aromatic rings. The number of carbonyl (C=O) groups excluding carboxylic acids is 3. The number of Topliss-reactive ketones (excluding diaryl/α,β-unsaturated/α-hetero) is 1. The Bertz CT molecular complexity index is 1130. The summed E-state index contributed by atoms with van der Waals surface area (Å²) in [6, 6.07) is 9.83. The Morgan fingerprint density at radius 1 is 1.09 bits per heavy atom. The second kappa shape index (κ2) is 10.2. The Balaban J connectivity index is 1.69. The van der Waals surface area contributed by atoms with Crippen LogP contribution in [0.25, 0.3) is 0 Å². The van der Waals surface area contributed by atoms with Crippen molar-refractivity contribution in [3.63, 3.8) is 0 Å². The highest BCUT2D eigenvalue weighted by atomic mass is 35.5. The summed E-state index contributed by atoms with van der Waals surface area (Å²) in [5, 5.41) is 2.58. The van der Waals surface area contributed by atoms with Crippen molar-refractivity contribution in [3.8, 4) is 0 Å². The van der Waals surface area contributed by atoms with E-state index >= 15 is 0 Å². The molecule has 11 heteroatoms. The second-order valence-corrected chi connectivity index (χ2v) is 9.26. The molecule has 32 heavy (non-hydrogen) atoms. The van der Waals surface area contributed by atoms with Gasteiger partial charge in [-0.3, -0.25) is 9.59 Å². The molecule has 9 nitrogen and oxygen atoms in total. The summed E-state index contributed by atoms with van der Waals surface area (Å²) >= 11 is 6.07. The number of benzene rings is 2. The maximum atomic E-state index is 12.8. The van der Waals surface area contributed by atoms with Gasteiger partial charge in [0.2, 0.25) is 15.9 Å². The molecule has 0 saturated carbocycles. The van der Waals surface area contributed by atoms with Gasteiger partial charge in [-0.1, -0.05) is 11.6 Å². The zero-order valence-electron chi connectivity index (χ0n) is 17.2. The molecular formula is C21H21ClN2O7S. The van der Waals surface area contributed by atoms with Gasteiger partial charge in [-0.15, -0.1) is 0 Å². The molecule has 0 spiro atoms. The molecule has 0 aromatic heterocycles. The fourth-order valence-electron chi connectivity index (χ4n) is 2.99. The minimum Gasteiger partial charge on any atom is -0.454 e. The van der Waals surface area contributed by atoms with Gasteiger partial charge < -0.3 is 14.8 Å². The van der Waals surface area contributed by atoms with Gasteiger partial charge in [0.05, 0.1) is 28.7 Å². The summed E-state index contributed by atoms with van der Waals surface area (Å²) in [5.74, 6) is -1.63. The molecule has 0 bridgehead atoms. The van der Waals surface area contributed by atoms with Crippen LogP contribution in [0.3, 0.4) is 0 Å². The van der Waals surface area contributed by atoms with E-state index in [9.17, 15) is 22.8 Å². The summed E-state index contributed by atoms with van der Waals surface area (Å²) < 4.78 is 37.1. The van der Waals surface area contributed by atoms with E-state index in [4.69, 9.17) is 21.1 Å². The highest BCUT2D eigenvalue weighted by Gasteiger charge is 2.28. The van der Waals surface area contributed by atoms with Crippen LogP contribution < -0.4 is 5.32 Å². The first-order valence-electron chi connectivity index (χ1n) is 9.64. The monoisotopic (exact) mass is 480 g/mol. The molecule has 3 rings (SSSR count). The Hall–Kier alpha value is -2.79. The number of esters is 1. The third-order valence-corrected chi connectivity index (χ3v) is 6.85. The normalized spacial score (nSPS) is 14.6. The van der Waals surface area contributed by atoms with Gasteiger partial charge in [0.15, 0.2) is 12.4 Å². The van der Waals surface area contributed by atoms with Gasteiger partial charge in [0.1, 0.15) is 0 Å². The van der Waals surface area contributed by atoms with Crippen molar-refractivity contribution >= 4 is 45.0 Å². The van der Waals surface area contributed by atoms with Crippen LogP contribution in [0.1, 0.15) is 27.6 Å². The molecule has 0 unspecified atom stereocenters. The van der Waals surface area contributed by atoms with Gasteiger partial charge in [0.25, 0.3) is 0 Å². The second-order valence-electron chi connectivity index (χ2n) is 6.92. The zero-order chi connectivity index (χ0) is 23.3. The fraction of sp³-hybridized carbons (Fsp3) is 0.286. The van der Waals surface area contributed by atoms with E-state index in [0.29, 0.717) is 5.69 Å². The van der Waals surface area contributed by atoms with E-state index in [1.54, 1.807) is 12.1 Å². The van der Waals surface area contributed by atoms with Gasteiger partial charge in [-0.25, -0.2) is 13.2 Å². The number of carbonyl (C=O) groups is 3. The predicted octanol–water partition coefficient (Wildman–Crippen LogP) is 2.36. The van der Waals surface area contributed by atoms with Crippen molar-refractivity contribution in [1.82, 2.24) is 4.31 Å². The Morgan fingerprint density at radius 3 is 2.38 bits per heavy atom. The Kier molecular flexibility index (Phi) is 7.62. The predicted molar refractivity (Wildman–Crippen MR) is 116 cm³/mol. The van der Waals surface area contributed by atoms with Crippen molar-refractivity contribution in [2.24, 2.45) is 0 Å². The van der Waals surface area contributed by atoms with E-state index in [2.05, 4.69) is 5.32 Å². The van der Waals surface area contributed by atoms with Gasteiger partial charge in [0, 0.05) is 31.3 Å². The molecule has 0 radical (unpaired) electrons. The largest absolute Gasteiger partial charge is 0.454 e. The first-order chi connectivity index (χ1) is 15.2. The topological polar surface area (TPSA) is 119 Å². The number of anilines is 1. The number of morpholine rings is 1. The quantitative estimate of drug-likeness (QED) is 0.477. The highest BCUT2D eigenvalue weighted by molar-refractivity contribution is 7.89. The molecule has 1 heterocycles. The van der Waals surface area contributed by atoms with Crippen LogP contribution >= 0.6 is 11.6 Å². The van der Waals surface area contributed by atoms with E-state index in [-0.39, 0.29) is 53.3 Å². The minimum absolute atomic E-state index is 0.00281. The van der Waals surface area contributed by atoms with Gasteiger partial charge in [-0.05, 0) is 42.5 Å². The van der Waals surface area contributed by atoms with Crippen molar-refractivity contribution in [1.29, 1.82) is 0 Å². The van der Waals surface area contributed by atoms with Crippen molar-refractivity contribution in [2.45, 2.75) is 11.8 Å². The molecule has 1 aliphatic rings. The lowest BCUT2D eigenvalue weighted by Crippen LogP contribution is -2.40. The van der Waals surface area contributed by atoms with E-state index in [1.165, 1.54) is 35.5 Å². The summed E-state index contributed by atoms with van der Waals surface area (Å²) in [6.07, 6.45) is 0. The third kappa shape index (κ3) is 5.71. The number of hydrogen-bond acceptors (Lipinski definition) is 7. The van der Waals surface area contributed by atoms with E-state index in [0.717, 1.165) is 6.07 Å². The van der Waals surface area contributed by atoms with Crippen molar-refractivity contribution in [3.05, 3.63) is 58.6 Å². The number of rotatable bonds is 7. The molecule has 1 aliphatic heterocycles. The van der Waals surface area contributed by atoms with Crippen LogP contribution in [0, 0.1) is 0 Å². The van der Waals surface area contributed by atoms with Crippen molar-refractivity contribution < 1.29 is 32.3 Å². The molecule has 0 aliphatic carbocycles. The maximum absolute atomic E-state index is 12.8. The lowest BCUT2D eigenvalue weighted by Gasteiger charge is -2.26. The Morgan fingerprint density at radius 2 is 1.75 bits per heavy atom. The summed E-state index contributed by atoms with van der Waals surface area (Å²) in [5.41, 5.74) is 0.646. The highest BCUT2D eigenvalue weighted by Crippen LogP contribution is 2.24. The number of ether oxygens (including phenoxy) is 2.